The maximum absolute atomic E-state index is 12.4. The van der Waals surface area contributed by atoms with Gasteiger partial charge in [-0.2, -0.15) is 0 Å². The van der Waals surface area contributed by atoms with Crippen molar-refractivity contribution in [2.75, 3.05) is 31.5 Å². The summed E-state index contributed by atoms with van der Waals surface area (Å²) in [4.78, 5) is 22.2. The number of hydrogen-bond donors (Lipinski definition) is 1. The van der Waals surface area contributed by atoms with Crippen molar-refractivity contribution in [1.82, 2.24) is 14.8 Å². The number of benzene rings is 3. The molecule has 1 N–H and O–H groups in total. The Balaban J connectivity index is 1.11. The highest BCUT2D eigenvalue weighted by atomic mass is 32.1. The molecule has 1 aliphatic rings. The lowest BCUT2D eigenvalue weighted by molar-refractivity contribution is 0.102. The minimum absolute atomic E-state index is 0.0776. The lowest BCUT2D eigenvalue weighted by atomic mass is 10.1. The van der Waals surface area contributed by atoms with Crippen LogP contribution >= 0.6 is 11.3 Å². The summed E-state index contributed by atoms with van der Waals surface area (Å²) >= 11 is 1.80. The van der Waals surface area contributed by atoms with Crippen LogP contribution in [-0.2, 0) is 13.1 Å². The average molecular weight is 443 g/mol. The number of rotatable bonds is 6. The van der Waals surface area contributed by atoms with Crippen LogP contribution in [0.15, 0.2) is 78.9 Å². The number of nitrogens with one attached hydrogen (secondary N) is 1. The molecule has 3 aromatic carbocycles. The van der Waals surface area contributed by atoms with Gasteiger partial charge in [0.2, 0.25) is 0 Å². The summed E-state index contributed by atoms with van der Waals surface area (Å²) in [5.41, 5.74) is 3.83. The van der Waals surface area contributed by atoms with E-state index in [9.17, 15) is 4.79 Å². The zero-order valence-electron chi connectivity index (χ0n) is 17.9. The second kappa shape index (κ2) is 9.61. The highest BCUT2D eigenvalue weighted by molar-refractivity contribution is 7.18. The number of amides is 1. The predicted molar refractivity (Wildman–Crippen MR) is 131 cm³/mol. The number of carbonyl (C=O) groups excluding carboxylic acids is 1. The Morgan fingerprint density at radius 1 is 0.812 bits per heavy atom. The van der Waals surface area contributed by atoms with Crippen LogP contribution in [0.3, 0.4) is 0 Å². The van der Waals surface area contributed by atoms with Gasteiger partial charge in [-0.15, -0.1) is 11.3 Å². The summed E-state index contributed by atoms with van der Waals surface area (Å²) in [7, 11) is 0. The Morgan fingerprint density at radius 3 is 2.19 bits per heavy atom. The third-order valence-electron chi connectivity index (χ3n) is 5.82. The van der Waals surface area contributed by atoms with E-state index in [0.717, 1.165) is 50.5 Å². The van der Waals surface area contributed by atoms with Crippen molar-refractivity contribution in [3.05, 3.63) is 95.0 Å². The van der Waals surface area contributed by atoms with Crippen molar-refractivity contribution in [2.45, 2.75) is 13.1 Å². The third kappa shape index (κ3) is 5.05. The fourth-order valence-electron chi connectivity index (χ4n) is 4.03. The Hall–Kier alpha value is -3.06. The number of piperazine rings is 1. The van der Waals surface area contributed by atoms with E-state index in [0.29, 0.717) is 5.56 Å². The molecule has 1 aliphatic heterocycles. The zero-order chi connectivity index (χ0) is 21.8. The normalized spacial score (nSPS) is 15.1. The summed E-state index contributed by atoms with van der Waals surface area (Å²) in [6.07, 6.45) is 0. The van der Waals surface area contributed by atoms with E-state index in [-0.39, 0.29) is 5.91 Å². The van der Waals surface area contributed by atoms with E-state index in [1.54, 1.807) is 11.3 Å². The summed E-state index contributed by atoms with van der Waals surface area (Å²) in [5.74, 6) is -0.0776. The van der Waals surface area contributed by atoms with E-state index in [2.05, 4.69) is 45.4 Å². The Labute approximate surface area is 192 Å². The first kappa shape index (κ1) is 20.8. The molecule has 1 amide bonds. The van der Waals surface area contributed by atoms with Gasteiger partial charge in [-0.25, -0.2) is 4.98 Å². The lowest BCUT2D eigenvalue weighted by Crippen LogP contribution is -2.45. The molecule has 1 aromatic heterocycles. The monoisotopic (exact) mass is 442 g/mol. The van der Waals surface area contributed by atoms with Crippen molar-refractivity contribution in [3.8, 4) is 0 Å². The number of carbonyl (C=O) groups is 1. The Kier molecular flexibility index (Phi) is 6.25. The van der Waals surface area contributed by atoms with Crippen molar-refractivity contribution in [1.29, 1.82) is 0 Å². The van der Waals surface area contributed by atoms with Crippen LogP contribution < -0.4 is 5.32 Å². The second-order valence-corrected chi connectivity index (χ2v) is 9.26. The molecule has 0 radical (unpaired) electrons. The number of nitrogens with zero attached hydrogens (tertiary/aromatic N) is 3. The maximum Gasteiger partial charge on any atom is 0.255 e. The second-order valence-electron chi connectivity index (χ2n) is 8.14. The van der Waals surface area contributed by atoms with E-state index in [4.69, 9.17) is 4.98 Å². The molecule has 2 heterocycles. The molecule has 0 atom stereocenters. The number of thiazole rings is 1. The molecule has 0 unspecified atom stereocenters. The van der Waals surface area contributed by atoms with Crippen LogP contribution in [0.5, 0.6) is 0 Å². The SMILES string of the molecule is O=C(Nc1ccccc1)c1ccc(CN2CCN(Cc3nc4ccccc4s3)CC2)cc1. The fraction of sp³-hybridized carbons (Fsp3) is 0.231. The molecule has 5 rings (SSSR count). The Bertz CT molecular complexity index is 1150. The molecule has 1 saturated heterocycles. The van der Waals surface area contributed by atoms with Crippen LogP contribution in [0.2, 0.25) is 0 Å². The van der Waals surface area contributed by atoms with Gasteiger partial charge in [-0.3, -0.25) is 14.6 Å². The van der Waals surface area contributed by atoms with Crippen LogP contribution in [0.25, 0.3) is 10.2 Å². The predicted octanol–water partition coefficient (Wildman–Crippen LogP) is 4.87. The number of hydrogen-bond acceptors (Lipinski definition) is 5. The molecule has 0 bridgehead atoms. The van der Waals surface area contributed by atoms with Crippen molar-refractivity contribution in [3.63, 3.8) is 0 Å². The van der Waals surface area contributed by atoms with Crippen LogP contribution in [-0.4, -0.2) is 46.9 Å². The summed E-state index contributed by atoms with van der Waals surface area (Å²) in [6.45, 7) is 6.03. The van der Waals surface area contributed by atoms with Gasteiger partial charge in [-0.1, -0.05) is 42.5 Å². The van der Waals surface area contributed by atoms with E-state index in [1.807, 2.05) is 48.5 Å². The summed E-state index contributed by atoms with van der Waals surface area (Å²) < 4.78 is 1.27. The number of anilines is 1. The fourth-order valence-corrected chi connectivity index (χ4v) is 5.04. The third-order valence-corrected chi connectivity index (χ3v) is 6.84. The quantitative estimate of drug-likeness (QED) is 0.463. The molecular formula is C26H26N4OS. The smallest absolute Gasteiger partial charge is 0.255 e. The van der Waals surface area contributed by atoms with E-state index < -0.39 is 0 Å². The molecule has 6 heteroatoms. The molecule has 162 valence electrons. The topological polar surface area (TPSA) is 48.5 Å². The maximum atomic E-state index is 12.4. The average Bonchev–Trinajstić information content (AvgIpc) is 3.24. The first-order valence-electron chi connectivity index (χ1n) is 11.0. The number of para-hydroxylation sites is 2. The van der Waals surface area contributed by atoms with Gasteiger partial charge >= 0.3 is 0 Å². The van der Waals surface area contributed by atoms with Gasteiger partial charge in [0, 0.05) is 44.0 Å². The molecule has 1 fully saturated rings. The molecule has 32 heavy (non-hydrogen) atoms. The van der Waals surface area contributed by atoms with E-state index in [1.165, 1.54) is 15.3 Å². The molecule has 0 saturated carbocycles. The molecular weight excluding hydrogens is 416 g/mol. The van der Waals surface area contributed by atoms with Crippen molar-refractivity contribution >= 4 is 33.1 Å². The highest BCUT2D eigenvalue weighted by Gasteiger charge is 2.18. The zero-order valence-corrected chi connectivity index (χ0v) is 18.7. The van der Waals surface area contributed by atoms with Gasteiger partial charge in [0.1, 0.15) is 5.01 Å². The Morgan fingerprint density at radius 2 is 1.47 bits per heavy atom. The first-order chi connectivity index (χ1) is 15.7. The van der Waals surface area contributed by atoms with Crippen LogP contribution in [0.1, 0.15) is 20.9 Å². The van der Waals surface area contributed by atoms with Gasteiger partial charge in [0.05, 0.1) is 16.8 Å². The molecule has 4 aromatic rings. The van der Waals surface area contributed by atoms with E-state index >= 15 is 0 Å². The van der Waals surface area contributed by atoms with Gasteiger partial charge < -0.3 is 5.32 Å². The summed E-state index contributed by atoms with van der Waals surface area (Å²) in [5, 5.41) is 4.13. The number of aromatic nitrogens is 1. The van der Waals surface area contributed by atoms with Crippen LogP contribution in [0, 0.1) is 0 Å². The van der Waals surface area contributed by atoms with Crippen molar-refractivity contribution < 1.29 is 4.79 Å². The van der Waals surface area contributed by atoms with Crippen molar-refractivity contribution in [2.24, 2.45) is 0 Å². The van der Waals surface area contributed by atoms with Gasteiger partial charge in [0.15, 0.2) is 0 Å². The molecule has 5 nitrogen and oxygen atoms in total. The largest absolute Gasteiger partial charge is 0.322 e. The standard InChI is InChI=1S/C26H26N4OS/c31-26(27-22-6-2-1-3-7-22)21-12-10-20(11-13-21)18-29-14-16-30(17-15-29)19-25-28-23-8-4-5-9-24(23)32-25/h1-13H,14-19H2,(H,27,31). The highest BCUT2D eigenvalue weighted by Crippen LogP contribution is 2.23. The first-order valence-corrected chi connectivity index (χ1v) is 11.8. The van der Waals surface area contributed by atoms with Crippen LogP contribution in [0.4, 0.5) is 5.69 Å². The minimum Gasteiger partial charge on any atom is -0.322 e. The lowest BCUT2D eigenvalue weighted by Gasteiger charge is -2.34. The van der Waals surface area contributed by atoms with Gasteiger partial charge in [-0.05, 0) is 42.0 Å². The minimum atomic E-state index is -0.0776. The molecule has 0 aliphatic carbocycles. The van der Waals surface area contributed by atoms with Gasteiger partial charge in [0.25, 0.3) is 5.91 Å². The molecule has 0 spiro atoms. The number of fused-ring (bicyclic) bond motifs is 1. The summed E-state index contributed by atoms with van der Waals surface area (Å²) in [6, 6.07) is 25.9.